The molecule has 0 spiro atoms. The molecular weight excluding hydrogens is 302 g/mol. The molecule has 0 atom stereocenters. The summed E-state index contributed by atoms with van der Waals surface area (Å²) in [6.45, 7) is 4.74. The van der Waals surface area contributed by atoms with E-state index >= 15 is 0 Å². The van der Waals surface area contributed by atoms with E-state index in [4.69, 9.17) is 0 Å². The molecule has 1 fully saturated rings. The lowest BCUT2D eigenvalue weighted by atomic mass is 10.2. The number of hydrogen-bond donors (Lipinski definition) is 0. The molecule has 0 aromatic rings. The molecule has 102 valence electrons. The third-order valence-electron chi connectivity index (χ3n) is 3.70. The third kappa shape index (κ3) is 3.67. The smallest absolute Gasteiger partial charge is 0.212 e. The molecule has 0 radical (unpaired) electrons. The Balaban J connectivity index is 2.87. The largest absolute Gasteiger partial charge is 0.217 e. The highest BCUT2D eigenvalue weighted by Crippen LogP contribution is 2.29. The number of alkyl halides is 1. The number of hydrogen-bond acceptors (Lipinski definition) is 2. The zero-order valence-electron chi connectivity index (χ0n) is 10.9. The lowest BCUT2D eigenvalue weighted by molar-refractivity contribution is 0.313. The summed E-state index contributed by atoms with van der Waals surface area (Å²) in [4.78, 5) is 0. The third-order valence-corrected chi connectivity index (χ3v) is 6.51. The van der Waals surface area contributed by atoms with E-state index in [1.54, 1.807) is 4.31 Å². The Labute approximate surface area is 114 Å². The van der Waals surface area contributed by atoms with Crippen LogP contribution >= 0.6 is 15.9 Å². The van der Waals surface area contributed by atoms with Gasteiger partial charge in [0.25, 0.3) is 0 Å². The fourth-order valence-electron chi connectivity index (χ4n) is 2.67. The summed E-state index contributed by atoms with van der Waals surface area (Å²) in [5, 5.41) is 0.595. The van der Waals surface area contributed by atoms with Gasteiger partial charge < -0.3 is 0 Å². The zero-order valence-corrected chi connectivity index (χ0v) is 13.3. The van der Waals surface area contributed by atoms with Crippen molar-refractivity contribution in [3.63, 3.8) is 0 Å². The van der Waals surface area contributed by atoms with Crippen LogP contribution in [0, 0.1) is 0 Å². The van der Waals surface area contributed by atoms with Crippen molar-refractivity contribution in [3.05, 3.63) is 0 Å². The van der Waals surface area contributed by atoms with Crippen LogP contribution in [0.5, 0.6) is 0 Å². The number of rotatable bonds is 7. The Morgan fingerprint density at radius 1 is 1.24 bits per heavy atom. The Hall–Kier alpha value is 0.390. The van der Waals surface area contributed by atoms with E-state index in [0.29, 0.717) is 6.54 Å². The molecule has 0 saturated heterocycles. The quantitative estimate of drug-likeness (QED) is 0.674. The van der Waals surface area contributed by atoms with Crippen molar-refractivity contribution in [2.75, 3.05) is 11.9 Å². The van der Waals surface area contributed by atoms with Gasteiger partial charge in [0.15, 0.2) is 0 Å². The zero-order chi connectivity index (χ0) is 12.9. The summed E-state index contributed by atoms with van der Waals surface area (Å²) in [5.41, 5.74) is 0. The summed E-state index contributed by atoms with van der Waals surface area (Å²) in [5.74, 6) is 0. The molecular formula is C12H24BrNO2S. The monoisotopic (exact) mass is 325 g/mol. The van der Waals surface area contributed by atoms with Gasteiger partial charge in [0.05, 0.1) is 5.25 Å². The Morgan fingerprint density at radius 2 is 1.76 bits per heavy atom. The van der Waals surface area contributed by atoms with Crippen LogP contribution in [0.2, 0.25) is 0 Å². The Morgan fingerprint density at radius 3 is 2.18 bits per heavy atom. The second-order valence-electron chi connectivity index (χ2n) is 4.72. The molecule has 0 aliphatic heterocycles. The summed E-state index contributed by atoms with van der Waals surface area (Å²) in [6.07, 6.45) is 5.62. The van der Waals surface area contributed by atoms with Gasteiger partial charge >= 0.3 is 0 Å². The van der Waals surface area contributed by atoms with E-state index < -0.39 is 10.0 Å². The van der Waals surface area contributed by atoms with Crippen LogP contribution < -0.4 is 0 Å². The molecule has 1 saturated carbocycles. The van der Waals surface area contributed by atoms with Crippen LogP contribution in [0.1, 0.15) is 52.4 Å². The molecule has 0 aromatic heterocycles. The molecule has 1 rings (SSSR count). The van der Waals surface area contributed by atoms with Crippen molar-refractivity contribution in [2.45, 2.75) is 63.7 Å². The number of nitrogens with zero attached hydrogens (tertiary/aromatic N) is 1. The first-order valence-electron chi connectivity index (χ1n) is 6.64. The summed E-state index contributed by atoms with van der Waals surface area (Å²) >= 11 is 3.37. The molecule has 0 heterocycles. The van der Waals surface area contributed by atoms with Crippen molar-refractivity contribution in [2.24, 2.45) is 0 Å². The van der Waals surface area contributed by atoms with Gasteiger partial charge in [0.1, 0.15) is 0 Å². The van der Waals surface area contributed by atoms with E-state index in [0.717, 1.165) is 43.9 Å². The maximum absolute atomic E-state index is 12.6. The van der Waals surface area contributed by atoms with Crippen molar-refractivity contribution >= 4 is 26.0 Å². The maximum atomic E-state index is 12.6. The van der Waals surface area contributed by atoms with Crippen LogP contribution in [0.4, 0.5) is 0 Å². The highest BCUT2D eigenvalue weighted by Gasteiger charge is 2.36. The van der Waals surface area contributed by atoms with Gasteiger partial charge in [0, 0.05) is 17.9 Å². The molecule has 1 aliphatic rings. The minimum Gasteiger partial charge on any atom is -0.212 e. The number of sulfonamides is 1. The molecule has 17 heavy (non-hydrogen) atoms. The molecule has 5 heteroatoms. The average Bonchev–Trinajstić information content (AvgIpc) is 2.83. The van der Waals surface area contributed by atoms with Gasteiger partial charge in [-0.25, -0.2) is 8.42 Å². The predicted molar refractivity (Wildman–Crippen MR) is 76.0 cm³/mol. The van der Waals surface area contributed by atoms with E-state index in [9.17, 15) is 8.42 Å². The molecule has 0 aromatic carbocycles. The first-order chi connectivity index (χ1) is 8.07. The Kier molecular flexibility index (Phi) is 6.45. The lowest BCUT2D eigenvalue weighted by Gasteiger charge is -2.31. The fraction of sp³-hybridized carbons (Fsp3) is 1.00. The molecule has 1 aliphatic carbocycles. The van der Waals surface area contributed by atoms with Crippen molar-refractivity contribution in [3.8, 4) is 0 Å². The van der Waals surface area contributed by atoms with Crippen molar-refractivity contribution in [1.82, 2.24) is 4.31 Å². The average molecular weight is 326 g/mol. The first kappa shape index (κ1) is 15.4. The van der Waals surface area contributed by atoms with Gasteiger partial charge in [-0.15, -0.1) is 0 Å². The van der Waals surface area contributed by atoms with E-state index in [2.05, 4.69) is 29.8 Å². The second kappa shape index (κ2) is 7.10. The van der Waals surface area contributed by atoms with Crippen LogP contribution in [0.15, 0.2) is 0 Å². The Bertz CT molecular complexity index is 308. The fourth-order valence-corrected chi connectivity index (χ4v) is 5.66. The highest BCUT2D eigenvalue weighted by atomic mass is 79.9. The van der Waals surface area contributed by atoms with Crippen LogP contribution in [0.3, 0.4) is 0 Å². The van der Waals surface area contributed by atoms with Gasteiger partial charge in [-0.2, -0.15) is 4.31 Å². The van der Waals surface area contributed by atoms with Crippen LogP contribution in [0.25, 0.3) is 0 Å². The predicted octanol–water partition coefficient (Wildman–Crippen LogP) is 3.14. The highest BCUT2D eigenvalue weighted by molar-refractivity contribution is 9.09. The lowest BCUT2D eigenvalue weighted by Crippen LogP contribution is -2.45. The van der Waals surface area contributed by atoms with Crippen molar-refractivity contribution < 1.29 is 8.42 Å². The maximum Gasteiger partial charge on any atom is 0.217 e. The minimum absolute atomic E-state index is 0.123. The van der Waals surface area contributed by atoms with Crippen LogP contribution in [-0.4, -0.2) is 35.9 Å². The van der Waals surface area contributed by atoms with E-state index in [1.807, 2.05) is 0 Å². The van der Waals surface area contributed by atoms with Crippen LogP contribution in [-0.2, 0) is 10.0 Å². The molecule has 0 N–H and O–H groups in total. The molecule has 0 unspecified atom stereocenters. The molecule has 3 nitrogen and oxygen atoms in total. The standard InChI is InChI=1S/C12H24BrNO2S/c1-3-11(4-2)14(10-9-13)17(15,16)12-7-5-6-8-12/h11-12H,3-10H2,1-2H3. The van der Waals surface area contributed by atoms with Gasteiger partial charge in [-0.1, -0.05) is 42.6 Å². The summed E-state index contributed by atoms with van der Waals surface area (Å²) in [7, 11) is -3.08. The van der Waals surface area contributed by atoms with E-state index in [1.165, 1.54) is 0 Å². The minimum atomic E-state index is -3.08. The van der Waals surface area contributed by atoms with E-state index in [-0.39, 0.29) is 11.3 Å². The summed E-state index contributed by atoms with van der Waals surface area (Å²) < 4.78 is 26.9. The second-order valence-corrected chi connectivity index (χ2v) is 7.68. The summed E-state index contributed by atoms with van der Waals surface area (Å²) in [6, 6.07) is 0.165. The van der Waals surface area contributed by atoms with Gasteiger partial charge in [-0.3, -0.25) is 0 Å². The first-order valence-corrected chi connectivity index (χ1v) is 9.27. The SMILES string of the molecule is CCC(CC)N(CCBr)S(=O)(=O)C1CCCC1. The normalized spacial score (nSPS) is 18.4. The molecule has 0 bridgehead atoms. The molecule has 0 amide bonds. The number of halogens is 1. The van der Waals surface area contributed by atoms with Gasteiger partial charge in [0.2, 0.25) is 10.0 Å². The van der Waals surface area contributed by atoms with Crippen molar-refractivity contribution in [1.29, 1.82) is 0 Å². The van der Waals surface area contributed by atoms with Gasteiger partial charge in [-0.05, 0) is 25.7 Å². The topological polar surface area (TPSA) is 37.4 Å².